The van der Waals surface area contributed by atoms with Gasteiger partial charge in [-0.15, -0.1) is 0 Å². The van der Waals surface area contributed by atoms with Gasteiger partial charge in [-0.05, 0) is 73.2 Å². The van der Waals surface area contributed by atoms with Crippen molar-refractivity contribution in [1.82, 2.24) is 4.98 Å². The molecule has 4 aromatic rings. The lowest BCUT2D eigenvalue weighted by atomic mass is 9.83. The topological polar surface area (TPSA) is 135 Å². The van der Waals surface area contributed by atoms with E-state index < -0.39 is 46.6 Å². The molecule has 3 aromatic carbocycles. The summed E-state index contributed by atoms with van der Waals surface area (Å²) < 4.78 is 23.7. The summed E-state index contributed by atoms with van der Waals surface area (Å²) in [6.07, 6.45) is 0. The molecule has 0 spiro atoms. The van der Waals surface area contributed by atoms with Crippen molar-refractivity contribution in [2.75, 3.05) is 23.4 Å². The Bertz CT molecular complexity index is 1800. The molecule has 1 fully saturated rings. The number of carbonyl (C=O) groups is 4. The summed E-state index contributed by atoms with van der Waals surface area (Å²) in [5.41, 5.74) is 1.76. The van der Waals surface area contributed by atoms with Crippen molar-refractivity contribution in [2.45, 2.75) is 23.1 Å². The fourth-order valence-electron chi connectivity index (χ4n) is 5.24. The molecule has 2 unspecified atom stereocenters. The number of hydrogen-bond donors (Lipinski definition) is 2. The van der Waals surface area contributed by atoms with Crippen LogP contribution in [0.1, 0.15) is 33.6 Å². The number of carbonyl (C=O) groups excluding carboxylic acids is 4. The van der Waals surface area contributed by atoms with E-state index in [-0.39, 0.29) is 18.1 Å². The van der Waals surface area contributed by atoms with Crippen molar-refractivity contribution in [3.8, 4) is 5.75 Å². The fraction of sp³-hybridized carbons (Fsp3) is 0.194. The molecule has 0 aliphatic carbocycles. The zero-order valence-electron chi connectivity index (χ0n) is 23.1. The smallest absolute Gasteiger partial charge is 0.338 e. The minimum absolute atomic E-state index is 0.220. The third-order valence-corrected chi connectivity index (χ3v) is 9.60. The average molecular weight is 634 g/mol. The first-order chi connectivity index (χ1) is 21.2. The number of fused-ring (bicyclic) bond motifs is 2. The van der Waals surface area contributed by atoms with Gasteiger partial charge in [-0.25, -0.2) is 14.1 Å². The number of hydrogen-bond acceptors (Lipinski definition) is 9. The first-order valence-electron chi connectivity index (χ1n) is 13.6. The zero-order valence-corrected chi connectivity index (χ0v) is 24.7. The second kappa shape index (κ2) is 12.1. The van der Waals surface area contributed by atoms with Crippen molar-refractivity contribution in [1.29, 1.82) is 0 Å². The number of thiazole rings is 1. The van der Waals surface area contributed by atoms with E-state index in [9.17, 15) is 28.4 Å². The van der Waals surface area contributed by atoms with E-state index in [1.807, 2.05) is 0 Å². The summed E-state index contributed by atoms with van der Waals surface area (Å²) in [5.74, 6) is -3.15. The predicted molar refractivity (Wildman–Crippen MR) is 162 cm³/mol. The van der Waals surface area contributed by atoms with Gasteiger partial charge in [-0.3, -0.25) is 19.2 Å². The first-order valence-corrected chi connectivity index (χ1v) is 15.3. The van der Waals surface area contributed by atoms with E-state index in [1.54, 1.807) is 31.2 Å². The minimum atomic E-state index is -0.788. The lowest BCUT2D eigenvalue weighted by molar-refractivity contribution is -0.122. The Hall–Kier alpha value is -4.75. The number of rotatable bonds is 8. The Morgan fingerprint density at radius 3 is 2.34 bits per heavy atom. The molecule has 224 valence electrons. The highest BCUT2D eigenvalue weighted by molar-refractivity contribution is 8.00. The molecule has 3 atom stereocenters. The molecule has 13 heteroatoms. The van der Waals surface area contributed by atoms with Crippen LogP contribution in [0, 0.1) is 11.7 Å². The lowest BCUT2D eigenvalue weighted by Crippen LogP contribution is -2.32. The Kier molecular flexibility index (Phi) is 8.06. The van der Waals surface area contributed by atoms with E-state index in [1.165, 1.54) is 60.3 Å². The van der Waals surface area contributed by atoms with Gasteiger partial charge in [0.2, 0.25) is 11.8 Å². The zero-order chi connectivity index (χ0) is 31.0. The second-order valence-electron chi connectivity index (χ2n) is 9.94. The van der Waals surface area contributed by atoms with Crippen LogP contribution < -0.4 is 19.8 Å². The van der Waals surface area contributed by atoms with Crippen LogP contribution >= 0.6 is 23.1 Å². The van der Waals surface area contributed by atoms with Crippen molar-refractivity contribution >= 4 is 58.2 Å². The molecule has 0 radical (unpaired) electrons. The highest BCUT2D eigenvalue weighted by Gasteiger charge is 2.56. The van der Waals surface area contributed by atoms with Crippen LogP contribution in [0.2, 0.25) is 0 Å². The van der Waals surface area contributed by atoms with Gasteiger partial charge < -0.3 is 19.8 Å². The van der Waals surface area contributed by atoms with E-state index in [4.69, 9.17) is 9.47 Å². The number of thioether (sulfide) groups is 1. The maximum atomic E-state index is 13.9. The predicted octanol–water partition coefficient (Wildman–Crippen LogP) is 4.57. The Labute approximate surface area is 258 Å². The second-order valence-corrected chi connectivity index (χ2v) is 12.1. The molecular weight excluding hydrogens is 609 g/mol. The number of aromatic nitrogens is 1. The molecule has 1 saturated heterocycles. The third kappa shape index (κ3) is 5.63. The summed E-state index contributed by atoms with van der Waals surface area (Å²) in [4.78, 5) is 68.6. The number of aromatic amines is 1. The van der Waals surface area contributed by atoms with Crippen molar-refractivity contribution in [2.24, 2.45) is 5.92 Å². The van der Waals surface area contributed by atoms with Gasteiger partial charge in [-0.1, -0.05) is 35.2 Å². The van der Waals surface area contributed by atoms with Crippen LogP contribution in [0.15, 0.2) is 82.6 Å². The quantitative estimate of drug-likeness (QED) is 0.213. The SMILES string of the molecule is CCOC(=O)c1ccc(N2C(=O)C3Sc4[nH]c(=O)sc4[C@H](c4ccc(OCC(=O)Nc5ccc(F)cc5)cc4)C3C2=O)cc1. The number of nitrogens with one attached hydrogen (secondary N) is 2. The first kappa shape index (κ1) is 29.3. The number of ether oxygens (including phenoxy) is 2. The van der Waals surface area contributed by atoms with Gasteiger partial charge in [0, 0.05) is 16.5 Å². The molecule has 0 saturated carbocycles. The van der Waals surface area contributed by atoms with Crippen molar-refractivity contribution in [3.05, 3.63) is 104 Å². The number of esters is 1. The van der Waals surface area contributed by atoms with Gasteiger partial charge in [-0.2, -0.15) is 0 Å². The molecule has 44 heavy (non-hydrogen) atoms. The monoisotopic (exact) mass is 633 g/mol. The standard InChI is InChI=1S/C31H24FN3O7S2/c1-2-41-30(39)17-3-11-20(12-4-17)35-28(37)24-23(25-27(34-31(40)44-25)43-26(24)29(35)38)16-5-13-21(14-6-16)42-15-22(36)33-19-9-7-18(32)8-10-19/h3-14,23-24,26H,2,15H2,1H3,(H,33,36)(H,34,40)/t23-,24?,26?/m1/s1. The Balaban J connectivity index is 1.22. The lowest BCUT2D eigenvalue weighted by Gasteiger charge is -2.29. The normalized spacial score (nSPS) is 18.9. The summed E-state index contributed by atoms with van der Waals surface area (Å²) in [5, 5.41) is 2.39. The Morgan fingerprint density at radius 2 is 1.66 bits per heavy atom. The largest absolute Gasteiger partial charge is 0.484 e. The van der Waals surface area contributed by atoms with Gasteiger partial charge in [0.15, 0.2) is 6.61 Å². The fourth-order valence-corrected chi connectivity index (χ4v) is 7.76. The minimum Gasteiger partial charge on any atom is -0.484 e. The number of anilines is 2. The molecule has 0 bridgehead atoms. The third-order valence-electron chi connectivity index (χ3n) is 7.20. The van der Waals surface area contributed by atoms with Crippen LogP contribution in [-0.2, 0) is 19.1 Å². The summed E-state index contributed by atoms with van der Waals surface area (Å²) in [6.45, 7) is 1.63. The number of H-pyrrole nitrogens is 1. The van der Waals surface area contributed by atoms with Crippen LogP contribution in [0.4, 0.5) is 15.8 Å². The van der Waals surface area contributed by atoms with Crippen LogP contribution in [-0.4, -0.2) is 47.1 Å². The van der Waals surface area contributed by atoms with Crippen LogP contribution in [0.5, 0.6) is 5.75 Å². The summed E-state index contributed by atoms with van der Waals surface area (Å²) in [7, 11) is 0. The molecule has 2 N–H and O–H groups in total. The van der Waals surface area contributed by atoms with E-state index in [0.717, 1.165) is 16.2 Å². The summed E-state index contributed by atoms with van der Waals surface area (Å²) in [6, 6.07) is 18.2. The number of imide groups is 1. The highest BCUT2D eigenvalue weighted by atomic mass is 32.2. The molecule has 6 rings (SSSR count). The number of nitrogens with zero attached hydrogens (tertiary/aromatic N) is 1. The maximum Gasteiger partial charge on any atom is 0.338 e. The van der Waals surface area contributed by atoms with Crippen LogP contribution in [0.25, 0.3) is 0 Å². The van der Waals surface area contributed by atoms with Gasteiger partial charge in [0.05, 0.1) is 28.8 Å². The molecule has 3 amide bonds. The number of halogens is 1. The average Bonchev–Trinajstić information content (AvgIpc) is 3.51. The van der Waals surface area contributed by atoms with E-state index in [2.05, 4.69) is 10.3 Å². The highest BCUT2D eigenvalue weighted by Crippen LogP contribution is 2.53. The molecule has 3 heterocycles. The van der Waals surface area contributed by atoms with Crippen molar-refractivity contribution in [3.63, 3.8) is 0 Å². The molecule has 10 nitrogen and oxygen atoms in total. The van der Waals surface area contributed by atoms with Crippen LogP contribution in [0.3, 0.4) is 0 Å². The summed E-state index contributed by atoms with van der Waals surface area (Å²) >= 11 is 2.17. The van der Waals surface area contributed by atoms with Crippen molar-refractivity contribution < 1.29 is 33.0 Å². The van der Waals surface area contributed by atoms with Gasteiger partial charge >= 0.3 is 10.8 Å². The molecular formula is C31H24FN3O7S2. The maximum absolute atomic E-state index is 13.9. The number of benzene rings is 3. The number of amides is 3. The Morgan fingerprint density at radius 1 is 0.955 bits per heavy atom. The van der Waals surface area contributed by atoms with E-state index in [0.29, 0.717) is 38.2 Å². The molecule has 1 aromatic heterocycles. The van der Waals surface area contributed by atoms with E-state index >= 15 is 0 Å². The van der Waals surface area contributed by atoms with Gasteiger partial charge in [0.25, 0.3) is 5.91 Å². The molecule has 2 aliphatic heterocycles. The van der Waals surface area contributed by atoms with Gasteiger partial charge in [0.1, 0.15) is 16.8 Å². The molecule has 2 aliphatic rings.